The first kappa shape index (κ1) is 24.7. The lowest BCUT2D eigenvalue weighted by Gasteiger charge is -2.34. The Balaban J connectivity index is 1.44. The molecule has 0 unspecified atom stereocenters. The smallest absolute Gasteiger partial charge is 0.433 e. The minimum Gasteiger partial charge on any atom is -0.465 e. The Bertz CT molecular complexity index is 1170. The van der Waals surface area contributed by atoms with Crippen molar-refractivity contribution in [2.24, 2.45) is 0 Å². The van der Waals surface area contributed by atoms with Gasteiger partial charge in [-0.2, -0.15) is 18.2 Å². The quantitative estimate of drug-likeness (QED) is 0.284. The van der Waals surface area contributed by atoms with E-state index in [9.17, 15) is 22.4 Å². The van der Waals surface area contributed by atoms with E-state index >= 15 is 0 Å². The number of carbonyl (C=O) groups excluding carboxylic acids is 1. The van der Waals surface area contributed by atoms with E-state index in [2.05, 4.69) is 19.6 Å². The van der Waals surface area contributed by atoms with Gasteiger partial charge in [0.25, 0.3) is 0 Å². The standard InChI is InChI=1S/C23H21F4N5O2S/c1-34-21(33)15-2-8-18(9-3-15)35-32-12-10-31(11-13-32)22-29-19(23(25,26)27)14-20(30-22)28-17-6-4-16(24)5-7-17/h2-9,14H,10-13H2,1H3,(H,28,29,30). The second kappa shape index (κ2) is 10.5. The number of carbonyl (C=O) groups is 1. The number of methoxy groups -OCH3 is 1. The van der Waals surface area contributed by atoms with Crippen LogP contribution in [0.4, 0.5) is 35.0 Å². The zero-order valence-electron chi connectivity index (χ0n) is 18.6. The molecule has 0 amide bonds. The van der Waals surface area contributed by atoms with Gasteiger partial charge in [0, 0.05) is 42.8 Å². The first-order chi connectivity index (χ1) is 16.7. The van der Waals surface area contributed by atoms with Crippen molar-refractivity contribution in [1.29, 1.82) is 0 Å². The molecule has 184 valence electrons. The van der Waals surface area contributed by atoms with Crippen molar-refractivity contribution in [3.8, 4) is 0 Å². The summed E-state index contributed by atoms with van der Waals surface area (Å²) in [5, 5.41) is 2.79. The van der Waals surface area contributed by atoms with E-state index in [0.29, 0.717) is 37.4 Å². The van der Waals surface area contributed by atoms with Crippen molar-refractivity contribution in [1.82, 2.24) is 14.3 Å². The average Bonchev–Trinajstić information content (AvgIpc) is 2.85. The monoisotopic (exact) mass is 507 g/mol. The first-order valence-corrected chi connectivity index (χ1v) is 11.3. The van der Waals surface area contributed by atoms with Gasteiger partial charge in [0.2, 0.25) is 5.95 Å². The third-order valence-electron chi connectivity index (χ3n) is 5.15. The number of nitrogens with one attached hydrogen (secondary N) is 1. The predicted molar refractivity (Wildman–Crippen MR) is 124 cm³/mol. The molecule has 2 heterocycles. The fourth-order valence-electron chi connectivity index (χ4n) is 3.36. The molecule has 2 aromatic carbocycles. The normalized spacial score (nSPS) is 14.6. The fraction of sp³-hybridized carbons (Fsp3) is 0.261. The Kier molecular flexibility index (Phi) is 7.41. The summed E-state index contributed by atoms with van der Waals surface area (Å²) < 4.78 is 60.4. The number of ether oxygens (including phenoxy) is 1. The minimum absolute atomic E-state index is 0.0310. The van der Waals surface area contributed by atoms with Crippen LogP contribution in [0.5, 0.6) is 0 Å². The number of halogens is 4. The van der Waals surface area contributed by atoms with Crippen LogP contribution in [0.15, 0.2) is 59.5 Å². The third-order valence-corrected chi connectivity index (χ3v) is 6.26. The molecule has 12 heteroatoms. The molecule has 1 aliphatic rings. The van der Waals surface area contributed by atoms with Gasteiger partial charge in [0.1, 0.15) is 11.6 Å². The first-order valence-electron chi connectivity index (χ1n) is 10.6. The van der Waals surface area contributed by atoms with Crippen LogP contribution in [0.3, 0.4) is 0 Å². The summed E-state index contributed by atoms with van der Waals surface area (Å²) in [6, 6.07) is 13.0. The van der Waals surface area contributed by atoms with Crippen LogP contribution in [0.25, 0.3) is 0 Å². The van der Waals surface area contributed by atoms with Gasteiger partial charge in [0.05, 0.1) is 12.7 Å². The van der Waals surface area contributed by atoms with Crippen molar-refractivity contribution in [3.05, 3.63) is 71.7 Å². The van der Waals surface area contributed by atoms with E-state index in [1.807, 2.05) is 12.1 Å². The summed E-state index contributed by atoms with van der Waals surface area (Å²) in [5.41, 5.74) is -0.202. The molecule has 0 bridgehead atoms. The SMILES string of the molecule is COC(=O)c1ccc(SN2CCN(c3nc(Nc4ccc(F)cc4)cc(C(F)(F)F)n3)CC2)cc1. The van der Waals surface area contributed by atoms with E-state index in [4.69, 9.17) is 4.74 Å². The molecule has 1 aliphatic heterocycles. The van der Waals surface area contributed by atoms with Crippen LogP contribution >= 0.6 is 11.9 Å². The number of alkyl halides is 3. The third kappa shape index (κ3) is 6.40. The van der Waals surface area contributed by atoms with Gasteiger partial charge in [0.15, 0.2) is 5.69 Å². The Morgan fingerprint density at radius 1 is 1.00 bits per heavy atom. The molecule has 1 saturated heterocycles. The zero-order valence-corrected chi connectivity index (χ0v) is 19.4. The number of anilines is 3. The van der Waals surface area contributed by atoms with Gasteiger partial charge in [-0.25, -0.2) is 18.5 Å². The maximum atomic E-state index is 13.5. The summed E-state index contributed by atoms with van der Waals surface area (Å²) in [6.07, 6.45) is -4.65. The Morgan fingerprint density at radius 3 is 2.26 bits per heavy atom. The van der Waals surface area contributed by atoms with E-state index in [1.54, 1.807) is 17.0 Å². The van der Waals surface area contributed by atoms with Crippen LogP contribution in [0, 0.1) is 5.82 Å². The predicted octanol–water partition coefficient (Wildman–Crippen LogP) is 4.99. The fourth-order valence-corrected chi connectivity index (χ4v) is 4.27. The molecular formula is C23H21F4N5O2S. The molecule has 1 fully saturated rings. The van der Waals surface area contributed by atoms with Gasteiger partial charge in [-0.1, -0.05) is 0 Å². The van der Waals surface area contributed by atoms with Crippen LogP contribution < -0.4 is 10.2 Å². The van der Waals surface area contributed by atoms with Gasteiger partial charge in [-0.3, -0.25) is 0 Å². The van der Waals surface area contributed by atoms with E-state index in [1.165, 1.54) is 43.3 Å². The summed E-state index contributed by atoms with van der Waals surface area (Å²) >= 11 is 1.49. The minimum atomic E-state index is -4.65. The molecule has 0 radical (unpaired) electrons. The number of esters is 1. The zero-order chi connectivity index (χ0) is 25.0. The number of rotatable bonds is 6. The number of hydrogen-bond acceptors (Lipinski definition) is 8. The van der Waals surface area contributed by atoms with Crippen molar-refractivity contribution in [3.63, 3.8) is 0 Å². The number of nitrogens with zero attached hydrogens (tertiary/aromatic N) is 4. The lowest BCUT2D eigenvalue weighted by atomic mass is 10.2. The van der Waals surface area contributed by atoms with Crippen molar-refractivity contribution < 1.29 is 27.1 Å². The summed E-state index contributed by atoms with van der Waals surface area (Å²) in [5.74, 6) is -0.928. The summed E-state index contributed by atoms with van der Waals surface area (Å²) in [7, 11) is 1.32. The van der Waals surface area contributed by atoms with Crippen LogP contribution in [-0.2, 0) is 10.9 Å². The van der Waals surface area contributed by atoms with E-state index in [-0.39, 0.29) is 11.8 Å². The molecule has 0 atom stereocenters. The highest BCUT2D eigenvalue weighted by molar-refractivity contribution is 7.97. The van der Waals surface area contributed by atoms with Crippen LogP contribution in [0.1, 0.15) is 16.1 Å². The summed E-state index contributed by atoms with van der Waals surface area (Å²) in [4.78, 5) is 22.2. The Labute approximate surface area is 203 Å². The van der Waals surface area contributed by atoms with Gasteiger partial charge in [-0.15, -0.1) is 0 Å². The largest absolute Gasteiger partial charge is 0.465 e. The second-order valence-corrected chi connectivity index (χ2v) is 8.76. The highest BCUT2D eigenvalue weighted by Crippen LogP contribution is 2.32. The van der Waals surface area contributed by atoms with E-state index in [0.717, 1.165) is 11.0 Å². The molecule has 1 N–H and O–H groups in total. The highest BCUT2D eigenvalue weighted by atomic mass is 32.2. The molecule has 0 aliphatic carbocycles. The van der Waals surface area contributed by atoms with Crippen molar-refractivity contribution in [2.45, 2.75) is 11.1 Å². The van der Waals surface area contributed by atoms with E-state index < -0.39 is 23.7 Å². The van der Waals surface area contributed by atoms with Gasteiger partial charge in [-0.05, 0) is 60.5 Å². The second-order valence-electron chi connectivity index (χ2n) is 7.59. The average molecular weight is 508 g/mol. The van der Waals surface area contributed by atoms with Gasteiger partial charge >= 0.3 is 12.1 Å². The highest BCUT2D eigenvalue weighted by Gasteiger charge is 2.34. The molecule has 35 heavy (non-hydrogen) atoms. The molecular weight excluding hydrogens is 486 g/mol. The van der Waals surface area contributed by atoms with Crippen molar-refractivity contribution >= 4 is 35.4 Å². The van der Waals surface area contributed by atoms with Crippen molar-refractivity contribution in [2.75, 3.05) is 43.5 Å². The molecule has 7 nitrogen and oxygen atoms in total. The molecule has 3 aromatic rings. The molecule has 0 saturated carbocycles. The molecule has 0 spiro atoms. The lowest BCUT2D eigenvalue weighted by molar-refractivity contribution is -0.141. The Hall–Kier alpha value is -3.38. The number of piperazine rings is 1. The number of aromatic nitrogens is 2. The lowest BCUT2D eigenvalue weighted by Crippen LogP contribution is -2.44. The maximum Gasteiger partial charge on any atom is 0.433 e. The Morgan fingerprint density at radius 2 is 1.66 bits per heavy atom. The molecule has 1 aromatic heterocycles. The summed E-state index contributed by atoms with van der Waals surface area (Å²) in [6.45, 7) is 1.96. The topological polar surface area (TPSA) is 70.6 Å². The van der Waals surface area contributed by atoms with Gasteiger partial charge < -0.3 is 15.0 Å². The van der Waals surface area contributed by atoms with Crippen LogP contribution in [0.2, 0.25) is 0 Å². The number of benzene rings is 2. The maximum absolute atomic E-state index is 13.5. The number of hydrogen-bond donors (Lipinski definition) is 1. The molecule has 4 rings (SSSR count). The van der Waals surface area contributed by atoms with Crippen LogP contribution in [-0.4, -0.2) is 53.5 Å².